The molecule has 5 nitrogen and oxygen atoms in total. The standard InChI is InChI=1S/C26H19BrCl2F3N3O2/c1-2-35(24(36)17-7-9-33-10-8-17)23-11-16(4-6-22(23)27)3-5-21-15-25(37-34-21,26(30,31)32)18-12-19(28)14-20(29)13-18/h3-14H,2,15H2,1H3/b5-3+. The molecule has 2 aromatic carbocycles. The van der Waals surface area contributed by atoms with Crippen LogP contribution in [0.15, 0.2) is 76.6 Å². The highest BCUT2D eigenvalue weighted by molar-refractivity contribution is 9.10. The van der Waals surface area contributed by atoms with Gasteiger partial charge in [-0.15, -0.1) is 0 Å². The summed E-state index contributed by atoms with van der Waals surface area (Å²) in [7, 11) is 0. The Kier molecular flexibility index (Phi) is 7.96. The average molecular weight is 613 g/mol. The number of hydrogen-bond donors (Lipinski definition) is 0. The average Bonchev–Trinajstić information content (AvgIpc) is 3.31. The molecule has 1 aliphatic heterocycles. The number of hydrogen-bond acceptors (Lipinski definition) is 4. The fourth-order valence-corrected chi connectivity index (χ4v) is 4.90. The number of pyridine rings is 1. The molecule has 0 N–H and O–H groups in total. The fraction of sp³-hybridized carbons (Fsp3) is 0.192. The second-order valence-electron chi connectivity index (χ2n) is 8.16. The van der Waals surface area contributed by atoms with E-state index in [1.54, 1.807) is 41.3 Å². The summed E-state index contributed by atoms with van der Waals surface area (Å²) in [4.78, 5) is 23.6. The first kappa shape index (κ1) is 27.2. The van der Waals surface area contributed by atoms with Gasteiger partial charge in [-0.3, -0.25) is 9.78 Å². The molecular weight excluding hydrogens is 594 g/mol. The number of allylic oxidation sites excluding steroid dienone is 1. The molecule has 0 saturated carbocycles. The molecule has 1 aliphatic rings. The number of oxime groups is 1. The van der Waals surface area contributed by atoms with Gasteiger partial charge < -0.3 is 9.74 Å². The summed E-state index contributed by atoms with van der Waals surface area (Å²) in [5.74, 6) is -0.213. The van der Waals surface area contributed by atoms with Gasteiger partial charge in [0.25, 0.3) is 11.5 Å². The first-order valence-corrected chi connectivity index (χ1v) is 12.6. The van der Waals surface area contributed by atoms with Crippen LogP contribution in [-0.4, -0.2) is 29.3 Å². The summed E-state index contributed by atoms with van der Waals surface area (Å²) in [6, 6.07) is 12.2. The highest BCUT2D eigenvalue weighted by Gasteiger charge is 2.62. The Hall–Kier alpha value is -2.88. The molecule has 0 aliphatic carbocycles. The lowest BCUT2D eigenvalue weighted by atomic mass is 9.88. The largest absolute Gasteiger partial charge is 0.435 e. The van der Waals surface area contributed by atoms with Crippen LogP contribution in [0.2, 0.25) is 10.0 Å². The molecular formula is C26H19BrCl2F3N3O2. The maximum Gasteiger partial charge on any atom is 0.435 e. The Bertz CT molecular complexity index is 1360. The zero-order valence-corrected chi connectivity index (χ0v) is 22.4. The maximum absolute atomic E-state index is 14.2. The van der Waals surface area contributed by atoms with E-state index >= 15 is 0 Å². The van der Waals surface area contributed by atoms with Crippen LogP contribution in [0.5, 0.6) is 0 Å². The van der Waals surface area contributed by atoms with Crippen molar-refractivity contribution in [2.75, 3.05) is 11.4 Å². The van der Waals surface area contributed by atoms with Gasteiger partial charge in [-0.2, -0.15) is 13.2 Å². The van der Waals surface area contributed by atoms with Gasteiger partial charge in [0.1, 0.15) is 0 Å². The Morgan fingerprint density at radius 2 is 1.78 bits per heavy atom. The summed E-state index contributed by atoms with van der Waals surface area (Å²) in [5.41, 5.74) is -1.12. The van der Waals surface area contributed by atoms with E-state index in [1.807, 2.05) is 6.92 Å². The van der Waals surface area contributed by atoms with E-state index in [-0.39, 0.29) is 27.2 Å². The molecule has 0 spiro atoms. The normalized spacial score (nSPS) is 17.5. The third kappa shape index (κ3) is 5.68. The molecule has 3 aromatic rings. The van der Waals surface area contributed by atoms with E-state index < -0.39 is 18.2 Å². The molecule has 37 heavy (non-hydrogen) atoms. The van der Waals surface area contributed by atoms with Gasteiger partial charge in [0.15, 0.2) is 0 Å². The molecule has 1 aromatic heterocycles. The second-order valence-corrected chi connectivity index (χ2v) is 9.89. The van der Waals surface area contributed by atoms with Gasteiger partial charge in [-0.05, 0) is 77.0 Å². The number of anilines is 1. The summed E-state index contributed by atoms with van der Waals surface area (Å²) in [6.45, 7) is 2.24. The molecule has 0 radical (unpaired) electrons. The maximum atomic E-state index is 14.2. The molecule has 192 valence electrons. The number of rotatable bonds is 6. The zero-order valence-electron chi connectivity index (χ0n) is 19.3. The zero-order chi connectivity index (χ0) is 26.8. The molecule has 11 heteroatoms. The van der Waals surface area contributed by atoms with Crippen molar-refractivity contribution in [2.45, 2.75) is 25.1 Å². The van der Waals surface area contributed by atoms with Crippen molar-refractivity contribution in [3.8, 4) is 0 Å². The van der Waals surface area contributed by atoms with Crippen LogP contribution in [-0.2, 0) is 10.4 Å². The number of carbonyl (C=O) groups excluding carboxylic acids is 1. The van der Waals surface area contributed by atoms with Gasteiger partial charge in [0.2, 0.25) is 0 Å². The van der Waals surface area contributed by atoms with Crippen molar-refractivity contribution in [3.05, 3.63) is 98.2 Å². The fourth-order valence-electron chi connectivity index (χ4n) is 3.91. The number of benzene rings is 2. The molecule has 1 amide bonds. The second kappa shape index (κ2) is 10.8. The van der Waals surface area contributed by atoms with Gasteiger partial charge in [-0.25, -0.2) is 0 Å². The molecule has 0 saturated heterocycles. The van der Waals surface area contributed by atoms with E-state index in [9.17, 15) is 18.0 Å². The summed E-state index contributed by atoms with van der Waals surface area (Å²) in [5, 5.41) is 3.83. The molecule has 4 rings (SSSR count). The molecule has 0 fully saturated rings. The number of alkyl halides is 3. The van der Waals surface area contributed by atoms with Gasteiger partial charge >= 0.3 is 6.18 Å². The van der Waals surface area contributed by atoms with E-state index in [4.69, 9.17) is 28.0 Å². The van der Waals surface area contributed by atoms with Gasteiger partial charge in [-0.1, -0.05) is 40.5 Å². The number of aromatic nitrogens is 1. The Labute approximate surface area is 229 Å². The van der Waals surface area contributed by atoms with Gasteiger partial charge in [0, 0.05) is 51.0 Å². The van der Waals surface area contributed by atoms with Crippen molar-refractivity contribution in [3.63, 3.8) is 0 Å². The van der Waals surface area contributed by atoms with Crippen LogP contribution in [0.3, 0.4) is 0 Å². The lowest BCUT2D eigenvalue weighted by Gasteiger charge is -2.29. The minimum absolute atomic E-state index is 0.0582. The Balaban J connectivity index is 1.60. The highest BCUT2D eigenvalue weighted by Crippen LogP contribution is 2.49. The first-order valence-electron chi connectivity index (χ1n) is 11.0. The van der Waals surface area contributed by atoms with Crippen molar-refractivity contribution in [1.82, 2.24) is 4.98 Å². The van der Waals surface area contributed by atoms with Crippen LogP contribution in [0, 0.1) is 0 Å². The number of carbonyl (C=O) groups is 1. The van der Waals surface area contributed by atoms with Crippen LogP contribution in [0.1, 0.15) is 34.8 Å². The van der Waals surface area contributed by atoms with E-state index in [0.717, 1.165) is 0 Å². The molecule has 1 atom stereocenters. The minimum Gasteiger partial charge on any atom is -0.374 e. The van der Waals surface area contributed by atoms with Crippen LogP contribution in [0.25, 0.3) is 6.08 Å². The molecule has 1 unspecified atom stereocenters. The predicted octanol–water partition coefficient (Wildman–Crippen LogP) is 8.06. The topological polar surface area (TPSA) is 54.8 Å². The van der Waals surface area contributed by atoms with Crippen molar-refractivity contribution in [1.29, 1.82) is 0 Å². The van der Waals surface area contributed by atoms with Gasteiger partial charge in [0.05, 0.1) is 11.4 Å². The summed E-state index contributed by atoms with van der Waals surface area (Å²) in [6.07, 6.45) is 0.804. The third-order valence-corrected chi connectivity index (χ3v) is 6.86. The number of halogens is 6. The first-order chi connectivity index (χ1) is 17.5. The lowest BCUT2D eigenvalue weighted by Crippen LogP contribution is -2.42. The lowest BCUT2D eigenvalue weighted by molar-refractivity contribution is -0.275. The minimum atomic E-state index is -4.78. The van der Waals surface area contributed by atoms with E-state index in [1.165, 1.54) is 36.7 Å². The Morgan fingerprint density at radius 1 is 1.11 bits per heavy atom. The molecule has 2 heterocycles. The summed E-state index contributed by atoms with van der Waals surface area (Å²) < 4.78 is 43.2. The van der Waals surface area contributed by atoms with E-state index in [0.29, 0.717) is 27.8 Å². The van der Waals surface area contributed by atoms with Crippen molar-refractivity contribution >= 4 is 62.5 Å². The quantitative estimate of drug-likeness (QED) is 0.283. The van der Waals surface area contributed by atoms with Crippen LogP contribution in [0.4, 0.5) is 18.9 Å². The smallest absolute Gasteiger partial charge is 0.374 e. The third-order valence-electron chi connectivity index (χ3n) is 5.75. The van der Waals surface area contributed by atoms with Crippen LogP contribution < -0.4 is 4.90 Å². The van der Waals surface area contributed by atoms with E-state index in [2.05, 4.69) is 26.1 Å². The van der Waals surface area contributed by atoms with Crippen LogP contribution >= 0.6 is 39.1 Å². The van der Waals surface area contributed by atoms with Crippen molar-refractivity contribution < 1.29 is 22.8 Å². The highest BCUT2D eigenvalue weighted by atomic mass is 79.9. The monoisotopic (exact) mass is 611 g/mol. The summed E-state index contributed by atoms with van der Waals surface area (Å²) >= 11 is 15.4. The number of nitrogens with zero attached hydrogens (tertiary/aromatic N) is 3. The number of amides is 1. The predicted molar refractivity (Wildman–Crippen MR) is 142 cm³/mol. The molecule has 0 bridgehead atoms. The Morgan fingerprint density at radius 3 is 2.41 bits per heavy atom. The van der Waals surface area contributed by atoms with Crippen molar-refractivity contribution in [2.24, 2.45) is 5.16 Å². The SMILES string of the molecule is CCN(C(=O)c1ccncc1)c1cc(/C=C/C2=NOC(c3cc(Cl)cc(Cl)c3)(C(F)(F)F)C2)ccc1Br.